The lowest BCUT2D eigenvalue weighted by Gasteiger charge is -2.11. The SMILES string of the molecule is CC(C)Cc1cc(-c2nc(-c3cc(Br)c(CS(=O)(=O)C(F)(F)F)cc3Cl)cn2C)ccn1. The summed E-state index contributed by atoms with van der Waals surface area (Å²) in [7, 11) is -3.51. The second-order valence-corrected chi connectivity index (χ2v) is 11.1. The number of hydrogen-bond donors (Lipinski definition) is 0. The van der Waals surface area contributed by atoms with Crippen molar-refractivity contribution in [1.29, 1.82) is 0 Å². The summed E-state index contributed by atoms with van der Waals surface area (Å²) in [4.78, 5) is 9.04. The third-order valence-corrected chi connectivity index (χ3v) is 7.13. The Morgan fingerprint density at radius 2 is 1.91 bits per heavy atom. The molecule has 2 aromatic heterocycles. The Balaban J connectivity index is 1.98. The maximum Gasteiger partial charge on any atom is 0.497 e. The Labute approximate surface area is 197 Å². The van der Waals surface area contributed by atoms with E-state index in [-0.39, 0.29) is 15.1 Å². The first-order valence-electron chi connectivity index (χ1n) is 9.54. The number of sulfone groups is 1. The molecule has 0 radical (unpaired) electrons. The minimum atomic E-state index is -5.34. The highest BCUT2D eigenvalue weighted by atomic mass is 79.9. The van der Waals surface area contributed by atoms with Crippen LogP contribution in [0.4, 0.5) is 13.2 Å². The summed E-state index contributed by atoms with van der Waals surface area (Å²) in [5.74, 6) is -0.0888. The van der Waals surface area contributed by atoms with Crippen LogP contribution in [-0.4, -0.2) is 28.5 Å². The zero-order valence-corrected chi connectivity index (χ0v) is 20.6. The Morgan fingerprint density at radius 1 is 1.22 bits per heavy atom. The van der Waals surface area contributed by atoms with Crippen LogP contribution in [0, 0.1) is 5.92 Å². The number of benzene rings is 1. The fourth-order valence-electron chi connectivity index (χ4n) is 3.19. The van der Waals surface area contributed by atoms with Crippen LogP contribution in [0.1, 0.15) is 25.1 Å². The standard InChI is InChI=1S/C21H20BrClF3N3O2S/c1-12(2)6-15-7-13(4-5-27-15)20-28-19(10-29(20)3)16-9-17(22)14(8-18(16)23)11-32(30,31)21(24,25)26/h4-5,7-10,12H,6,11H2,1-3H3. The summed E-state index contributed by atoms with van der Waals surface area (Å²) < 4.78 is 63.3. The minimum Gasteiger partial charge on any atom is -0.333 e. The zero-order chi connectivity index (χ0) is 23.8. The zero-order valence-electron chi connectivity index (χ0n) is 17.4. The van der Waals surface area contributed by atoms with Crippen molar-refractivity contribution in [1.82, 2.24) is 14.5 Å². The number of rotatable bonds is 6. The molecule has 0 amide bonds. The Kier molecular flexibility index (Phi) is 7.07. The van der Waals surface area contributed by atoms with Gasteiger partial charge in [0.2, 0.25) is 0 Å². The van der Waals surface area contributed by atoms with Crippen LogP contribution in [0.3, 0.4) is 0 Å². The molecule has 5 nitrogen and oxygen atoms in total. The summed E-state index contributed by atoms with van der Waals surface area (Å²) >= 11 is 9.48. The minimum absolute atomic E-state index is 0.0836. The van der Waals surface area contributed by atoms with E-state index in [1.54, 1.807) is 12.4 Å². The number of imidazole rings is 1. The summed E-state index contributed by atoms with van der Waals surface area (Å²) in [6.45, 7) is 4.22. The molecule has 172 valence electrons. The second kappa shape index (κ2) is 9.15. The van der Waals surface area contributed by atoms with Crippen molar-refractivity contribution in [3.05, 3.63) is 57.4 Å². The molecular formula is C21H20BrClF3N3O2S. The first-order chi connectivity index (χ1) is 14.8. The van der Waals surface area contributed by atoms with Gasteiger partial charge in [0.25, 0.3) is 9.84 Å². The van der Waals surface area contributed by atoms with E-state index in [2.05, 4.69) is 39.7 Å². The average molecular weight is 551 g/mol. The van der Waals surface area contributed by atoms with Crippen molar-refractivity contribution in [2.75, 3.05) is 0 Å². The number of pyridine rings is 1. The van der Waals surface area contributed by atoms with E-state index < -0.39 is 21.1 Å². The van der Waals surface area contributed by atoms with E-state index in [9.17, 15) is 21.6 Å². The maximum absolute atomic E-state index is 12.7. The van der Waals surface area contributed by atoms with Crippen LogP contribution >= 0.6 is 27.5 Å². The maximum atomic E-state index is 12.7. The normalized spacial score (nSPS) is 12.5. The smallest absolute Gasteiger partial charge is 0.333 e. The van der Waals surface area contributed by atoms with Crippen molar-refractivity contribution in [3.8, 4) is 22.6 Å². The first kappa shape index (κ1) is 24.7. The van der Waals surface area contributed by atoms with E-state index in [1.807, 2.05) is 23.7 Å². The molecule has 0 aliphatic carbocycles. The fraction of sp³-hybridized carbons (Fsp3) is 0.333. The molecule has 0 unspecified atom stereocenters. The van der Waals surface area contributed by atoms with Gasteiger partial charge in [-0.15, -0.1) is 0 Å². The molecule has 2 heterocycles. The lowest BCUT2D eigenvalue weighted by atomic mass is 10.1. The summed E-state index contributed by atoms with van der Waals surface area (Å²) in [6, 6.07) is 6.51. The predicted molar refractivity (Wildman–Crippen MR) is 122 cm³/mol. The van der Waals surface area contributed by atoms with Crippen LogP contribution in [0.15, 0.2) is 41.1 Å². The van der Waals surface area contributed by atoms with Crippen LogP contribution in [0.25, 0.3) is 22.6 Å². The highest BCUT2D eigenvalue weighted by molar-refractivity contribution is 9.10. The largest absolute Gasteiger partial charge is 0.497 e. The molecular weight excluding hydrogens is 531 g/mol. The highest BCUT2D eigenvalue weighted by Crippen LogP contribution is 2.36. The lowest BCUT2D eigenvalue weighted by Crippen LogP contribution is -2.24. The van der Waals surface area contributed by atoms with Crippen molar-refractivity contribution >= 4 is 37.4 Å². The van der Waals surface area contributed by atoms with Crippen LogP contribution in [0.2, 0.25) is 5.02 Å². The Morgan fingerprint density at radius 3 is 2.53 bits per heavy atom. The molecule has 0 aliphatic heterocycles. The third-order valence-electron chi connectivity index (χ3n) is 4.68. The van der Waals surface area contributed by atoms with Crippen molar-refractivity contribution in [2.24, 2.45) is 13.0 Å². The number of aromatic nitrogens is 3. The van der Waals surface area contributed by atoms with E-state index >= 15 is 0 Å². The molecule has 0 spiro atoms. The molecule has 0 saturated heterocycles. The topological polar surface area (TPSA) is 64.8 Å². The molecule has 0 atom stereocenters. The van der Waals surface area contributed by atoms with E-state index in [1.165, 1.54) is 12.1 Å². The van der Waals surface area contributed by atoms with E-state index in [0.29, 0.717) is 23.0 Å². The third kappa shape index (κ3) is 5.35. The number of nitrogens with zero attached hydrogens (tertiary/aromatic N) is 3. The number of aryl methyl sites for hydroxylation is 1. The van der Waals surface area contributed by atoms with Gasteiger partial charge < -0.3 is 4.57 Å². The lowest BCUT2D eigenvalue weighted by molar-refractivity contribution is -0.0437. The molecule has 0 aliphatic rings. The predicted octanol–water partition coefficient (Wildman–Crippen LogP) is 6.20. The molecule has 3 aromatic rings. The van der Waals surface area contributed by atoms with Gasteiger partial charge in [0, 0.05) is 40.7 Å². The van der Waals surface area contributed by atoms with Gasteiger partial charge in [-0.3, -0.25) is 4.98 Å². The molecule has 3 rings (SSSR count). The molecule has 32 heavy (non-hydrogen) atoms. The van der Waals surface area contributed by atoms with E-state index in [0.717, 1.165) is 17.7 Å². The van der Waals surface area contributed by atoms with Gasteiger partial charge >= 0.3 is 5.51 Å². The summed E-state index contributed by atoms with van der Waals surface area (Å²) in [6.07, 6.45) is 4.30. The molecule has 0 fully saturated rings. The number of halogens is 5. The van der Waals surface area contributed by atoms with E-state index in [4.69, 9.17) is 11.6 Å². The van der Waals surface area contributed by atoms with Crippen LogP contribution in [0.5, 0.6) is 0 Å². The van der Waals surface area contributed by atoms with Crippen LogP contribution < -0.4 is 0 Å². The average Bonchev–Trinajstić information content (AvgIpc) is 3.04. The van der Waals surface area contributed by atoms with Gasteiger partial charge in [-0.1, -0.05) is 41.4 Å². The van der Waals surface area contributed by atoms with Gasteiger partial charge in [0.15, 0.2) is 0 Å². The highest BCUT2D eigenvalue weighted by Gasteiger charge is 2.45. The van der Waals surface area contributed by atoms with Crippen molar-refractivity contribution in [2.45, 2.75) is 31.5 Å². The second-order valence-electron chi connectivity index (χ2n) is 7.82. The monoisotopic (exact) mass is 549 g/mol. The molecule has 11 heteroatoms. The number of hydrogen-bond acceptors (Lipinski definition) is 4. The fourth-order valence-corrected chi connectivity index (χ4v) is 4.96. The molecule has 0 saturated carbocycles. The van der Waals surface area contributed by atoms with Gasteiger partial charge in [-0.05, 0) is 42.2 Å². The van der Waals surface area contributed by atoms with Crippen molar-refractivity contribution < 1.29 is 21.6 Å². The van der Waals surface area contributed by atoms with Crippen LogP contribution in [-0.2, 0) is 29.1 Å². The first-order valence-corrected chi connectivity index (χ1v) is 12.4. The Bertz CT molecular complexity index is 1260. The quantitative estimate of drug-likeness (QED) is 0.367. The molecule has 0 N–H and O–H groups in total. The van der Waals surface area contributed by atoms with Gasteiger partial charge in [-0.25, -0.2) is 13.4 Å². The summed E-state index contributed by atoms with van der Waals surface area (Å²) in [5.41, 5.74) is -2.65. The van der Waals surface area contributed by atoms with Gasteiger partial charge in [0.1, 0.15) is 5.82 Å². The molecule has 0 bridgehead atoms. The Hall–Kier alpha value is -1.91. The molecule has 1 aromatic carbocycles. The van der Waals surface area contributed by atoms with Gasteiger partial charge in [0.05, 0.1) is 16.5 Å². The van der Waals surface area contributed by atoms with Crippen molar-refractivity contribution in [3.63, 3.8) is 0 Å². The number of alkyl halides is 3. The van der Waals surface area contributed by atoms with Gasteiger partial charge in [-0.2, -0.15) is 13.2 Å². The summed E-state index contributed by atoms with van der Waals surface area (Å²) in [5, 5.41) is 0.0976.